The maximum absolute atomic E-state index is 10.9. The van der Waals surface area contributed by atoms with Gasteiger partial charge in [0.05, 0.1) is 5.92 Å². The zero-order chi connectivity index (χ0) is 13.8. The second kappa shape index (κ2) is 6.20. The fraction of sp³-hybridized carbons (Fsp3) is 0.562. The predicted octanol–water partition coefficient (Wildman–Crippen LogP) is 3.11. The quantitative estimate of drug-likeness (QED) is 0.905. The molecule has 1 aliphatic heterocycles. The lowest BCUT2D eigenvalue weighted by atomic mass is 9.98. The zero-order valence-electron chi connectivity index (χ0n) is 11.8. The Morgan fingerprint density at radius 1 is 1.42 bits per heavy atom. The first-order valence-electron chi connectivity index (χ1n) is 7.10. The Kier molecular flexibility index (Phi) is 4.59. The molecule has 0 bridgehead atoms. The van der Waals surface area contributed by atoms with E-state index in [1.807, 2.05) is 12.1 Å². The van der Waals surface area contributed by atoms with Gasteiger partial charge in [0, 0.05) is 13.1 Å². The average molecular weight is 261 g/mol. The number of carbonyl (C=O) groups is 1. The molecule has 19 heavy (non-hydrogen) atoms. The Balaban J connectivity index is 1.96. The lowest BCUT2D eigenvalue weighted by Crippen LogP contribution is -2.33. The van der Waals surface area contributed by atoms with Crippen molar-refractivity contribution < 1.29 is 9.90 Å². The van der Waals surface area contributed by atoms with Gasteiger partial charge in [-0.15, -0.1) is 0 Å². The van der Waals surface area contributed by atoms with E-state index in [0.29, 0.717) is 0 Å². The second-order valence-corrected chi connectivity index (χ2v) is 5.78. The summed E-state index contributed by atoms with van der Waals surface area (Å²) in [6.45, 7) is 7.37. The number of rotatable bonds is 4. The van der Waals surface area contributed by atoms with Gasteiger partial charge in [0.1, 0.15) is 0 Å². The van der Waals surface area contributed by atoms with Crippen molar-refractivity contribution in [3.63, 3.8) is 0 Å². The third-order valence-electron chi connectivity index (χ3n) is 4.00. The van der Waals surface area contributed by atoms with Crippen LogP contribution in [0.1, 0.15) is 43.7 Å². The molecule has 0 radical (unpaired) electrons. The molecule has 1 heterocycles. The van der Waals surface area contributed by atoms with E-state index < -0.39 is 11.9 Å². The summed E-state index contributed by atoms with van der Waals surface area (Å²) < 4.78 is 0. The van der Waals surface area contributed by atoms with Crippen molar-refractivity contribution in [3.8, 4) is 0 Å². The van der Waals surface area contributed by atoms with E-state index in [2.05, 4.69) is 24.0 Å². The Morgan fingerprint density at radius 3 is 2.68 bits per heavy atom. The minimum absolute atomic E-state index is 0.427. The van der Waals surface area contributed by atoms with Crippen molar-refractivity contribution in [1.29, 1.82) is 0 Å². The molecule has 1 saturated heterocycles. The third-order valence-corrected chi connectivity index (χ3v) is 4.00. The van der Waals surface area contributed by atoms with Crippen molar-refractivity contribution in [2.24, 2.45) is 5.92 Å². The molecule has 0 spiro atoms. The van der Waals surface area contributed by atoms with Crippen LogP contribution in [0.25, 0.3) is 0 Å². The van der Waals surface area contributed by atoms with Crippen molar-refractivity contribution in [1.82, 2.24) is 4.90 Å². The van der Waals surface area contributed by atoms with Crippen LogP contribution >= 0.6 is 0 Å². The number of nitrogens with zero attached hydrogens (tertiary/aromatic N) is 1. The standard InChI is InChI=1S/C16H23NO2/c1-12-4-3-9-17(10-12)11-14-5-7-15(8-6-14)13(2)16(18)19/h5-8,12-13H,3-4,9-11H2,1-2H3,(H,18,19). The number of likely N-dealkylation sites (tertiary alicyclic amines) is 1. The molecule has 1 aromatic rings. The normalized spacial score (nSPS) is 22.1. The van der Waals surface area contributed by atoms with Crippen molar-refractivity contribution in [3.05, 3.63) is 35.4 Å². The summed E-state index contributed by atoms with van der Waals surface area (Å²) in [4.78, 5) is 13.4. The monoisotopic (exact) mass is 261 g/mol. The number of hydrogen-bond acceptors (Lipinski definition) is 2. The van der Waals surface area contributed by atoms with Crippen LogP contribution in [0.2, 0.25) is 0 Å². The smallest absolute Gasteiger partial charge is 0.310 e. The van der Waals surface area contributed by atoms with Crippen LogP contribution < -0.4 is 0 Å². The van der Waals surface area contributed by atoms with Gasteiger partial charge in [-0.3, -0.25) is 9.69 Å². The molecule has 2 unspecified atom stereocenters. The Hall–Kier alpha value is -1.35. The first kappa shape index (κ1) is 14.1. The van der Waals surface area contributed by atoms with E-state index in [1.165, 1.54) is 31.5 Å². The van der Waals surface area contributed by atoms with Gasteiger partial charge in [0.25, 0.3) is 0 Å². The number of carboxylic acid groups (broad SMARTS) is 1. The van der Waals surface area contributed by atoms with E-state index in [9.17, 15) is 4.79 Å². The predicted molar refractivity (Wildman–Crippen MR) is 76.2 cm³/mol. The van der Waals surface area contributed by atoms with Crippen LogP contribution in [0.4, 0.5) is 0 Å². The van der Waals surface area contributed by atoms with Gasteiger partial charge >= 0.3 is 5.97 Å². The van der Waals surface area contributed by atoms with Crippen LogP contribution in [0.3, 0.4) is 0 Å². The largest absolute Gasteiger partial charge is 0.481 e. The molecule has 1 aliphatic rings. The van der Waals surface area contributed by atoms with E-state index in [1.54, 1.807) is 6.92 Å². The molecular formula is C16H23NO2. The van der Waals surface area contributed by atoms with Crippen LogP contribution in [0.15, 0.2) is 24.3 Å². The topological polar surface area (TPSA) is 40.5 Å². The number of carboxylic acids is 1. The highest BCUT2D eigenvalue weighted by Gasteiger charge is 2.17. The first-order chi connectivity index (χ1) is 9.06. The van der Waals surface area contributed by atoms with Gasteiger partial charge in [-0.2, -0.15) is 0 Å². The molecule has 3 heteroatoms. The fourth-order valence-electron chi connectivity index (χ4n) is 2.74. The average Bonchev–Trinajstić information content (AvgIpc) is 2.39. The summed E-state index contributed by atoms with van der Waals surface area (Å²) in [5.41, 5.74) is 2.15. The highest BCUT2D eigenvalue weighted by molar-refractivity contribution is 5.75. The molecule has 0 aromatic heterocycles. The van der Waals surface area contributed by atoms with Gasteiger partial charge in [-0.1, -0.05) is 31.2 Å². The van der Waals surface area contributed by atoms with Crippen molar-refractivity contribution in [2.75, 3.05) is 13.1 Å². The van der Waals surface area contributed by atoms with Crippen LogP contribution in [0.5, 0.6) is 0 Å². The highest BCUT2D eigenvalue weighted by Crippen LogP contribution is 2.20. The van der Waals surface area contributed by atoms with Gasteiger partial charge in [0.2, 0.25) is 0 Å². The first-order valence-corrected chi connectivity index (χ1v) is 7.10. The van der Waals surface area contributed by atoms with Crippen LogP contribution in [0, 0.1) is 5.92 Å². The van der Waals surface area contributed by atoms with Gasteiger partial charge in [-0.05, 0) is 43.4 Å². The lowest BCUT2D eigenvalue weighted by molar-refractivity contribution is -0.138. The summed E-state index contributed by atoms with van der Waals surface area (Å²) in [6.07, 6.45) is 2.63. The Labute approximate surface area is 115 Å². The molecule has 0 amide bonds. The highest BCUT2D eigenvalue weighted by atomic mass is 16.4. The summed E-state index contributed by atoms with van der Waals surface area (Å²) in [7, 11) is 0. The maximum atomic E-state index is 10.9. The number of hydrogen-bond donors (Lipinski definition) is 1. The number of piperidine rings is 1. The van der Waals surface area contributed by atoms with Gasteiger partial charge in [0.15, 0.2) is 0 Å². The van der Waals surface area contributed by atoms with E-state index in [0.717, 1.165) is 18.0 Å². The van der Waals surface area contributed by atoms with E-state index in [4.69, 9.17) is 5.11 Å². The molecule has 1 aromatic carbocycles. The van der Waals surface area contributed by atoms with Gasteiger partial charge in [-0.25, -0.2) is 0 Å². The molecule has 0 aliphatic carbocycles. The summed E-state index contributed by atoms with van der Waals surface area (Å²) in [5, 5.41) is 8.99. The zero-order valence-corrected chi connectivity index (χ0v) is 11.8. The third kappa shape index (κ3) is 3.80. The summed E-state index contributed by atoms with van der Waals surface area (Å²) in [6, 6.07) is 8.02. The molecular weight excluding hydrogens is 238 g/mol. The summed E-state index contributed by atoms with van der Waals surface area (Å²) in [5.74, 6) is -0.401. The Morgan fingerprint density at radius 2 is 2.11 bits per heavy atom. The fourth-order valence-corrected chi connectivity index (χ4v) is 2.74. The minimum Gasteiger partial charge on any atom is -0.481 e. The molecule has 3 nitrogen and oxygen atoms in total. The molecule has 0 saturated carbocycles. The number of aliphatic carboxylic acids is 1. The second-order valence-electron chi connectivity index (χ2n) is 5.78. The molecule has 2 rings (SSSR count). The maximum Gasteiger partial charge on any atom is 0.310 e. The van der Waals surface area contributed by atoms with Crippen LogP contribution in [-0.4, -0.2) is 29.1 Å². The van der Waals surface area contributed by atoms with Crippen molar-refractivity contribution in [2.45, 2.75) is 39.2 Å². The molecule has 1 fully saturated rings. The van der Waals surface area contributed by atoms with Crippen LogP contribution in [-0.2, 0) is 11.3 Å². The van der Waals surface area contributed by atoms with E-state index >= 15 is 0 Å². The lowest BCUT2D eigenvalue weighted by Gasteiger charge is -2.30. The molecule has 104 valence electrons. The van der Waals surface area contributed by atoms with Gasteiger partial charge < -0.3 is 5.11 Å². The summed E-state index contributed by atoms with van der Waals surface area (Å²) >= 11 is 0. The molecule has 1 N–H and O–H groups in total. The van der Waals surface area contributed by atoms with Crippen molar-refractivity contribution >= 4 is 5.97 Å². The Bertz CT molecular complexity index is 427. The SMILES string of the molecule is CC1CCCN(Cc2ccc(C(C)C(=O)O)cc2)C1. The van der Waals surface area contributed by atoms with E-state index in [-0.39, 0.29) is 0 Å². The minimum atomic E-state index is -0.766. The number of benzene rings is 1. The molecule has 2 atom stereocenters.